The minimum Gasteiger partial charge on any atom is -0.478 e. The van der Waals surface area contributed by atoms with Gasteiger partial charge in [0.2, 0.25) is 10.0 Å². The van der Waals surface area contributed by atoms with Crippen LogP contribution >= 0.6 is 15.9 Å². The van der Waals surface area contributed by atoms with E-state index in [2.05, 4.69) is 20.7 Å². The van der Waals surface area contributed by atoms with E-state index in [9.17, 15) is 18.3 Å². The van der Waals surface area contributed by atoms with Crippen molar-refractivity contribution in [3.63, 3.8) is 0 Å². The number of aromatic carboxylic acids is 1. The Kier molecular flexibility index (Phi) is 5.20. The normalized spacial score (nSPS) is 14.0. The second kappa shape index (κ2) is 6.04. The maximum absolute atomic E-state index is 12.5. The summed E-state index contributed by atoms with van der Waals surface area (Å²) >= 11 is 3.16. The topological polar surface area (TPSA) is 104 Å². The Morgan fingerprint density at radius 1 is 1.38 bits per heavy atom. The van der Waals surface area contributed by atoms with Crippen LogP contribution in [0.4, 0.5) is 0 Å². The molecule has 0 heterocycles. The highest BCUT2D eigenvalue weighted by molar-refractivity contribution is 9.10. The van der Waals surface area contributed by atoms with Crippen LogP contribution in [0.1, 0.15) is 36.7 Å². The van der Waals surface area contributed by atoms with Crippen LogP contribution in [0.5, 0.6) is 0 Å². The molecule has 8 heteroatoms. The van der Waals surface area contributed by atoms with Crippen LogP contribution in [0.15, 0.2) is 21.5 Å². The first-order chi connectivity index (χ1) is 9.38. The van der Waals surface area contributed by atoms with Gasteiger partial charge in [0.05, 0.1) is 22.1 Å². The van der Waals surface area contributed by atoms with Gasteiger partial charge in [-0.25, -0.2) is 17.9 Å². The summed E-state index contributed by atoms with van der Waals surface area (Å²) in [6, 6.07) is 2.44. The van der Waals surface area contributed by atoms with Crippen molar-refractivity contribution in [3.05, 3.63) is 27.7 Å². The summed E-state index contributed by atoms with van der Waals surface area (Å²) in [6.07, 6.45) is -0.918. The zero-order valence-corrected chi connectivity index (χ0v) is 14.5. The summed E-state index contributed by atoms with van der Waals surface area (Å²) in [6.45, 7) is 6.12. The van der Waals surface area contributed by atoms with E-state index >= 15 is 0 Å². The van der Waals surface area contributed by atoms with Gasteiger partial charge in [0.15, 0.2) is 0 Å². The summed E-state index contributed by atoms with van der Waals surface area (Å²) in [4.78, 5) is 10.9. The number of carbonyl (C=O) groups is 1. The predicted molar refractivity (Wildman–Crippen MR) is 81.9 cm³/mol. The molecule has 0 saturated carbocycles. The number of hydrogen-bond acceptors (Lipinski definition) is 4. The molecule has 21 heavy (non-hydrogen) atoms. The number of sulfonamides is 1. The van der Waals surface area contributed by atoms with E-state index in [0.717, 1.165) is 6.07 Å². The third-order valence-corrected chi connectivity index (χ3v) is 5.90. The Morgan fingerprint density at radius 3 is 2.33 bits per heavy atom. The predicted octanol–water partition coefficient (Wildman–Crippen LogP) is 1.89. The van der Waals surface area contributed by atoms with Gasteiger partial charge in [-0.1, -0.05) is 15.9 Å². The molecular formula is C13H18BrNO5S. The molecule has 0 aliphatic carbocycles. The van der Waals surface area contributed by atoms with Gasteiger partial charge in [0.25, 0.3) is 0 Å². The molecule has 0 spiro atoms. The molecule has 1 aromatic carbocycles. The van der Waals surface area contributed by atoms with Crippen molar-refractivity contribution in [2.24, 2.45) is 0 Å². The zero-order valence-electron chi connectivity index (χ0n) is 12.1. The number of nitrogens with one attached hydrogen (secondary N) is 1. The van der Waals surface area contributed by atoms with Crippen molar-refractivity contribution in [2.45, 2.75) is 44.2 Å². The van der Waals surface area contributed by atoms with Crippen molar-refractivity contribution in [3.8, 4) is 0 Å². The second-order valence-corrected chi connectivity index (χ2v) is 7.89. The van der Waals surface area contributed by atoms with Crippen molar-refractivity contribution in [2.75, 3.05) is 0 Å². The van der Waals surface area contributed by atoms with Gasteiger partial charge >= 0.3 is 5.97 Å². The molecule has 1 atom stereocenters. The van der Waals surface area contributed by atoms with Crippen LogP contribution in [0.2, 0.25) is 0 Å². The highest BCUT2D eigenvalue weighted by Crippen LogP contribution is 2.27. The summed E-state index contributed by atoms with van der Waals surface area (Å²) in [5.74, 6) is -1.22. The number of rotatable bonds is 5. The minimum atomic E-state index is -3.98. The third-order valence-electron chi connectivity index (χ3n) is 3.27. The van der Waals surface area contributed by atoms with Gasteiger partial charge in [0, 0.05) is 4.47 Å². The molecule has 0 saturated heterocycles. The van der Waals surface area contributed by atoms with E-state index in [1.807, 2.05) is 0 Å². The summed E-state index contributed by atoms with van der Waals surface area (Å²) in [7, 11) is -3.98. The van der Waals surface area contributed by atoms with Crippen molar-refractivity contribution < 1.29 is 23.4 Å². The van der Waals surface area contributed by atoms with E-state index in [1.54, 1.807) is 20.8 Å². The van der Waals surface area contributed by atoms with Crippen LogP contribution in [0, 0.1) is 6.92 Å². The van der Waals surface area contributed by atoms with E-state index in [1.165, 1.54) is 13.0 Å². The molecule has 0 radical (unpaired) electrons. The largest absolute Gasteiger partial charge is 0.478 e. The third kappa shape index (κ3) is 4.03. The van der Waals surface area contributed by atoms with Gasteiger partial charge in [-0.15, -0.1) is 0 Å². The quantitative estimate of drug-likeness (QED) is 0.724. The Hall–Kier alpha value is -0.960. The first kappa shape index (κ1) is 18.1. The molecule has 118 valence electrons. The van der Waals surface area contributed by atoms with Crippen LogP contribution in [-0.4, -0.2) is 36.2 Å². The lowest BCUT2D eigenvalue weighted by Crippen LogP contribution is -2.50. The second-order valence-electron chi connectivity index (χ2n) is 5.39. The Morgan fingerprint density at radius 2 is 1.90 bits per heavy atom. The van der Waals surface area contributed by atoms with Crippen LogP contribution < -0.4 is 4.72 Å². The van der Waals surface area contributed by atoms with Crippen molar-refractivity contribution in [1.29, 1.82) is 0 Å². The average Bonchev–Trinajstić information content (AvgIpc) is 2.30. The van der Waals surface area contributed by atoms with E-state index in [4.69, 9.17) is 5.11 Å². The van der Waals surface area contributed by atoms with Gasteiger partial charge in [-0.3, -0.25) is 0 Å². The maximum Gasteiger partial charge on any atom is 0.335 e. The molecule has 0 amide bonds. The smallest absolute Gasteiger partial charge is 0.335 e. The minimum absolute atomic E-state index is 0.136. The molecule has 0 aliphatic rings. The molecule has 1 unspecified atom stereocenters. The molecule has 1 rings (SSSR count). The number of hydrogen-bond donors (Lipinski definition) is 3. The summed E-state index contributed by atoms with van der Waals surface area (Å²) in [5, 5.41) is 18.7. The van der Waals surface area contributed by atoms with Crippen molar-refractivity contribution >= 4 is 31.9 Å². The molecule has 0 aromatic heterocycles. The number of carboxylic acids is 1. The van der Waals surface area contributed by atoms with Gasteiger partial charge in [-0.2, -0.15) is 0 Å². The van der Waals surface area contributed by atoms with E-state index in [-0.39, 0.29) is 10.5 Å². The molecule has 0 fully saturated rings. The van der Waals surface area contributed by atoms with E-state index < -0.39 is 27.6 Å². The van der Waals surface area contributed by atoms with Crippen LogP contribution in [0.3, 0.4) is 0 Å². The molecule has 0 bridgehead atoms. The number of aliphatic hydroxyl groups excluding tert-OH is 1. The molecule has 3 N–H and O–H groups in total. The number of benzene rings is 1. The fraction of sp³-hybridized carbons (Fsp3) is 0.462. The van der Waals surface area contributed by atoms with Gasteiger partial charge in [-0.05, 0) is 45.4 Å². The van der Waals surface area contributed by atoms with Crippen LogP contribution in [-0.2, 0) is 10.0 Å². The van der Waals surface area contributed by atoms with Gasteiger partial charge < -0.3 is 10.2 Å². The Balaban J connectivity index is 3.42. The van der Waals surface area contributed by atoms with Crippen molar-refractivity contribution in [1.82, 2.24) is 4.72 Å². The van der Waals surface area contributed by atoms with Crippen LogP contribution in [0.25, 0.3) is 0 Å². The zero-order chi connectivity index (χ0) is 16.6. The number of carboxylic acid groups (broad SMARTS) is 1. The van der Waals surface area contributed by atoms with Gasteiger partial charge in [0.1, 0.15) is 0 Å². The first-order valence-corrected chi connectivity index (χ1v) is 8.41. The number of halogens is 1. The highest BCUT2D eigenvalue weighted by Gasteiger charge is 2.32. The molecule has 6 nitrogen and oxygen atoms in total. The molecule has 0 aliphatic heterocycles. The lowest BCUT2D eigenvalue weighted by molar-refractivity contribution is 0.0696. The Bertz CT molecular complexity index is 667. The molecule has 1 aromatic rings. The lowest BCUT2D eigenvalue weighted by atomic mass is 10.0. The summed E-state index contributed by atoms with van der Waals surface area (Å²) < 4.78 is 27.7. The monoisotopic (exact) mass is 379 g/mol. The van der Waals surface area contributed by atoms with E-state index in [0.29, 0.717) is 10.0 Å². The standard InChI is InChI=1S/C13H18BrNO5S/c1-7-10(14)5-9(12(17)18)6-11(7)21(19,20)15-13(3,4)8(2)16/h5-6,8,15-16H,1-4H3,(H,17,18). The average molecular weight is 380 g/mol. The number of aliphatic hydroxyl groups is 1. The highest BCUT2D eigenvalue weighted by atomic mass is 79.9. The first-order valence-electron chi connectivity index (χ1n) is 6.14. The fourth-order valence-electron chi connectivity index (χ4n) is 1.54. The SMILES string of the molecule is Cc1c(Br)cc(C(=O)O)cc1S(=O)(=O)NC(C)(C)C(C)O. The maximum atomic E-state index is 12.5. The lowest BCUT2D eigenvalue weighted by Gasteiger charge is -2.29. The summed E-state index contributed by atoms with van der Waals surface area (Å²) in [5.41, 5.74) is -0.826. The fourth-order valence-corrected chi connectivity index (χ4v) is 3.90. The Labute approximate surface area is 132 Å². The molecular weight excluding hydrogens is 362 g/mol.